The molecule has 2 aromatic heterocycles. The van der Waals surface area contributed by atoms with E-state index in [9.17, 15) is 19.2 Å². The standard InChI is InChI=1S/C42H50N8O6.ClH/c1-23(2)35(47-41(53)55-5)39(51)49-17-7-9-33(49)37-43-22-32(46-37)29-14-13-25-19-26(11-12-27(25)20-29)28-15-16-30-31(21-28)45-38(44-30)34-10-8-18-50(34)40(52)36(24(3)4)48-42(54)56-6;/h11-16,19-24,33-36H,7-10,17-18H2,1-6H3,(H,43,46)(H,44,45)(H,47,53)(H,48,54);1H/t33-,34-,35-,36-;/m0./s1. The van der Waals surface area contributed by atoms with E-state index in [4.69, 9.17) is 19.4 Å². The number of benzene rings is 3. The van der Waals surface area contributed by atoms with Crippen LogP contribution in [0.3, 0.4) is 0 Å². The molecule has 15 heteroatoms. The van der Waals surface area contributed by atoms with Gasteiger partial charge in [-0.2, -0.15) is 0 Å². The van der Waals surface area contributed by atoms with Crippen molar-refractivity contribution in [3.05, 3.63) is 72.4 Å². The summed E-state index contributed by atoms with van der Waals surface area (Å²) in [6.45, 7) is 8.80. The van der Waals surface area contributed by atoms with E-state index in [1.165, 1.54) is 14.2 Å². The number of halogens is 1. The Kier molecular flexibility index (Phi) is 12.4. The molecule has 2 aliphatic rings. The number of fused-ring (bicyclic) bond motifs is 2. The number of hydrogen-bond acceptors (Lipinski definition) is 8. The molecule has 14 nitrogen and oxygen atoms in total. The second-order valence-electron chi connectivity index (χ2n) is 15.4. The fourth-order valence-electron chi connectivity index (χ4n) is 8.00. The quantitative estimate of drug-likeness (QED) is 0.114. The first kappa shape index (κ1) is 41.0. The lowest BCUT2D eigenvalue weighted by Crippen LogP contribution is -2.51. The molecular weight excluding hydrogens is 748 g/mol. The number of aromatic amines is 2. The number of likely N-dealkylation sites (tertiary alicyclic amines) is 2. The summed E-state index contributed by atoms with van der Waals surface area (Å²) in [6, 6.07) is 17.0. The van der Waals surface area contributed by atoms with Crippen LogP contribution in [-0.2, 0) is 19.1 Å². The molecule has 4 amide bonds. The molecule has 2 saturated heterocycles. The van der Waals surface area contributed by atoms with Crippen LogP contribution in [-0.4, -0.2) is 93.1 Å². The largest absolute Gasteiger partial charge is 0.453 e. The Morgan fingerprint density at radius 3 is 1.77 bits per heavy atom. The van der Waals surface area contributed by atoms with Crippen LogP contribution in [0.2, 0.25) is 0 Å². The monoisotopic (exact) mass is 798 g/mol. The predicted octanol–water partition coefficient (Wildman–Crippen LogP) is 7.28. The molecule has 7 rings (SSSR count). The number of methoxy groups -OCH3 is 2. The van der Waals surface area contributed by atoms with Gasteiger partial charge in [-0.05, 0) is 83.7 Å². The van der Waals surface area contributed by atoms with Crippen LogP contribution in [0.1, 0.15) is 77.1 Å². The number of hydrogen-bond donors (Lipinski definition) is 4. The minimum atomic E-state index is -0.693. The molecule has 4 N–H and O–H groups in total. The number of aromatic nitrogens is 4. The third-order valence-corrected chi connectivity index (χ3v) is 11.1. The maximum Gasteiger partial charge on any atom is 0.407 e. The SMILES string of the molecule is COC(=O)N[C@H](C(=O)N1CCC[C@H]1c1ncc(-c2ccc3cc(-c4ccc5nc([C@@H]6CCCN6C(=O)[C@@H](NC(=O)OC)C(C)C)[nH]c5c4)ccc3c2)[nH]1)C(C)C.Cl. The van der Waals surface area contributed by atoms with Gasteiger partial charge >= 0.3 is 12.2 Å². The lowest BCUT2D eigenvalue weighted by atomic mass is 9.99. The zero-order valence-corrected chi connectivity index (χ0v) is 33.9. The van der Waals surface area contributed by atoms with E-state index in [0.29, 0.717) is 13.1 Å². The minimum Gasteiger partial charge on any atom is -0.453 e. The van der Waals surface area contributed by atoms with Gasteiger partial charge in [0.2, 0.25) is 11.8 Å². The van der Waals surface area contributed by atoms with Crippen LogP contribution in [0.25, 0.3) is 44.2 Å². The van der Waals surface area contributed by atoms with Crippen molar-refractivity contribution >= 4 is 58.2 Å². The van der Waals surface area contributed by atoms with Gasteiger partial charge in [0.25, 0.3) is 0 Å². The Morgan fingerprint density at radius 1 is 0.702 bits per heavy atom. The first-order valence-corrected chi connectivity index (χ1v) is 19.3. The first-order chi connectivity index (χ1) is 26.9. The molecule has 4 heterocycles. The fourth-order valence-corrected chi connectivity index (χ4v) is 8.00. The Bertz CT molecular complexity index is 2270. The highest BCUT2D eigenvalue weighted by molar-refractivity contribution is 5.92. The van der Waals surface area contributed by atoms with E-state index < -0.39 is 24.3 Å². The van der Waals surface area contributed by atoms with Crippen molar-refractivity contribution in [3.63, 3.8) is 0 Å². The van der Waals surface area contributed by atoms with Crippen LogP contribution >= 0.6 is 12.4 Å². The molecular formula is C42H51ClN8O6. The van der Waals surface area contributed by atoms with Gasteiger partial charge in [0.15, 0.2) is 0 Å². The van der Waals surface area contributed by atoms with Crippen molar-refractivity contribution in [1.82, 2.24) is 40.4 Å². The molecule has 57 heavy (non-hydrogen) atoms. The van der Waals surface area contributed by atoms with Crippen LogP contribution in [0.4, 0.5) is 9.59 Å². The highest BCUT2D eigenvalue weighted by atomic mass is 35.5. The average molecular weight is 799 g/mol. The smallest absolute Gasteiger partial charge is 0.407 e. The third-order valence-electron chi connectivity index (χ3n) is 11.1. The number of nitrogens with zero attached hydrogens (tertiary/aromatic N) is 4. The molecule has 302 valence electrons. The molecule has 2 aliphatic heterocycles. The molecule has 3 aromatic carbocycles. The van der Waals surface area contributed by atoms with Crippen molar-refractivity contribution in [2.45, 2.75) is 77.5 Å². The molecule has 0 saturated carbocycles. The van der Waals surface area contributed by atoms with E-state index in [1.807, 2.05) is 49.8 Å². The summed E-state index contributed by atoms with van der Waals surface area (Å²) in [5.74, 6) is 0.963. The van der Waals surface area contributed by atoms with Crippen LogP contribution in [0.15, 0.2) is 60.8 Å². The maximum atomic E-state index is 13.6. The van der Waals surface area contributed by atoms with Crippen LogP contribution < -0.4 is 10.6 Å². The zero-order chi connectivity index (χ0) is 39.7. The molecule has 2 fully saturated rings. The van der Waals surface area contributed by atoms with Gasteiger partial charge in [-0.3, -0.25) is 9.59 Å². The molecule has 4 atom stereocenters. The Balaban J connectivity index is 0.00000549. The summed E-state index contributed by atoms with van der Waals surface area (Å²) in [6.07, 6.45) is 3.82. The van der Waals surface area contributed by atoms with Crippen molar-refractivity contribution in [1.29, 1.82) is 0 Å². The van der Waals surface area contributed by atoms with Crippen molar-refractivity contribution in [2.75, 3.05) is 27.3 Å². The highest BCUT2D eigenvalue weighted by Crippen LogP contribution is 2.36. The lowest BCUT2D eigenvalue weighted by molar-refractivity contribution is -0.136. The number of rotatable bonds is 10. The summed E-state index contributed by atoms with van der Waals surface area (Å²) < 4.78 is 9.54. The van der Waals surface area contributed by atoms with Gasteiger partial charge in [-0.25, -0.2) is 19.6 Å². The van der Waals surface area contributed by atoms with E-state index in [-0.39, 0.29) is 48.1 Å². The Morgan fingerprint density at radius 2 is 1.21 bits per heavy atom. The van der Waals surface area contributed by atoms with Gasteiger partial charge < -0.3 is 39.9 Å². The number of imidazole rings is 2. The minimum absolute atomic E-state index is 0. The molecule has 0 bridgehead atoms. The second-order valence-corrected chi connectivity index (χ2v) is 15.4. The van der Waals surface area contributed by atoms with E-state index in [2.05, 4.69) is 69.1 Å². The van der Waals surface area contributed by atoms with Crippen LogP contribution in [0.5, 0.6) is 0 Å². The number of nitrogens with one attached hydrogen (secondary N) is 4. The van der Waals surface area contributed by atoms with Gasteiger partial charge in [-0.15, -0.1) is 12.4 Å². The first-order valence-electron chi connectivity index (χ1n) is 19.3. The van der Waals surface area contributed by atoms with Gasteiger partial charge in [0.05, 0.1) is 49.2 Å². The lowest BCUT2D eigenvalue weighted by Gasteiger charge is -2.30. The number of H-pyrrole nitrogens is 2. The predicted molar refractivity (Wildman–Crippen MR) is 220 cm³/mol. The third kappa shape index (κ3) is 8.41. The summed E-state index contributed by atoms with van der Waals surface area (Å²) in [4.78, 5) is 71.4. The normalized spacial score (nSPS) is 17.8. The summed E-state index contributed by atoms with van der Waals surface area (Å²) in [5, 5.41) is 7.57. The summed E-state index contributed by atoms with van der Waals surface area (Å²) in [7, 11) is 2.58. The molecule has 5 aromatic rings. The number of alkyl carbamates (subject to hydrolysis) is 2. The second kappa shape index (κ2) is 17.2. The summed E-state index contributed by atoms with van der Waals surface area (Å²) in [5.41, 5.74) is 5.65. The molecule has 0 aliphatic carbocycles. The molecule has 0 unspecified atom stereocenters. The van der Waals surface area contributed by atoms with Gasteiger partial charge in [0.1, 0.15) is 23.7 Å². The Hall–Kier alpha value is -5.63. The summed E-state index contributed by atoms with van der Waals surface area (Å²) >= 11 is 0. The van der Waals surface area contributed by atoms with E-state index in [0.717, 1.165) is 81.5 Å². The zero-order valence-electron chi connectivity index (χ0n) is 33.1. The molecule has 0 radical (unpaired) electrons. The highest BCUT2D eigenvalue weighted by Gasteiger charge is 2.39. The van der Waals surface area contributed by atoms with Crippen molar-refractivity contribution in [2.24, 2.45) is 11.8 Å². The average Bonchev–Trinajstić information content (AvgIpc) is 4.03. The molecule has 0 spiro atoms. The van der Waals surface area contributed by atoms with Crippen LogP contribution in [0, 0.1) is 11.8 Å². The van der Waals surface area contributed by atoms with Crippen molar-refractivity contribution < 1.29 is 28.7 Å². The van der Waals surface area contributed by atoms with E-state index in [1.54, 1.807) is 0 Å². The van der Waals surface area contributed by atoms with Crippen molar-refractivity contribution in [3.8, 4) is 22.4 Å². The fraction of sp³-hybridized carbons (Fsp3) is 0.429. The van der Waals surface area contributed by atoms with Gasteiger partial charge in [-0.1, -0.05) is 58.0 Å². The Labute approximate surface area is 337 Å². The number of carbonyl (C=O) groups excluding carboxylic acids is 4. The van der Waals surface area contributed by atoms with Gasteiger partial charge in [0, 0.05) is 18.7 Å². The number of carbonyl (C=O) groups is 4. The maximum absolute atomic E-state index is 13.6. The topological polar surface area (TPSA) is 175 Å². The number of amides is 4. The van der Waals surface area contributed by atoms with E-state index >= 15 is 0 Å². The number of ether oxygens (including phenoxy) is 2.